The lowest BCUT2D eigenvalue weighted by atomic mass is 10.1. The summed E-state index contributed by atoms with van der Waals surface area (Å²) in [6.45, 7) is 4.16. The molecule has 2 rings (SSSR count). The Kier molecular flexibility index (Phi) is 2.22. The molecule has 0 fully saturated rings. The van der Waals surface area contributed by atoms with Gasteiger partial charge in [-0.1, -0.05) is 6.07 Å². The highest BCUT2D eigenvalue weighted by Crippen LogP contribution is 2.26. The van der Waals surface area contributed by atoms with E-state index in [1.807, 2.05) is 0 Å². The molecule has 1 aromatic carbocycles. The third kappa shape index (κ3) is 1.38. The monoisotopic (exact) mass is 202 g/mol. The Morgan fingerprint density at radius 3 is 2.93 bits per heavy atom. The summed E-state index contributed by atoms with van der Waals surface area (Å²) in [6.07, 6.45) is 0.415. The number of hydrogen-bond acceptors (Lipinski definition) is 3. The summed E-state index contributed by atoms with van der Waals surface area (Å²) >= 11 is 1.61. The van der Waals surface area contributed by atoms with Crippen LogP contribution in [-0.2, 0) is 6.42 Å². The maximum absolute atomic E-state index is 8.59. The zero-order valence-corrected chi connectivity index (χ0v) is 8.98. The molecule has 0 aliphatic carbocycles. The number of hydrogen-bond donors (Lipinski definition) is 0. The lowest BCUT2D eigenvalue weighted by Gasteiger charge is -1.98. The van der Waals surface area contributed by atoms with E-state index in [9.17, 15) is 0 Å². The molecule has 0 saturated heterocycles. The van der Waals surface area contributed by atoms with Crippen molar-refractivity contribution < 1.29 is 0 Å². The molecular weight excluding hydrogens is 192 g/mol. The zero-order valence-electron chi connectivity index (χ0n) is 8.16. The molecule has 0 radical (unpaired) electrons. The Bertz CT molecular complexity index is 520. The largest absolute Gasteiger partial charge is 0.240 e. The van der Waals surface area contributed by atoms with E-state index in [4.69, 9.17) is 5.26 Å². The SMILES string of the molecule is Cc1ccc2sc(CC#N)nc2c1C. The van der Waals surface area contributed by atoms with Crippen molar-refractivity contribution in [1.82, 2.24) is 4.98 Å². The van der Waals surface area contributed by atoms with Crippen LogP contribution in [-0.4, -0.2) is 4.98 Å². The van der Waals surface area contributed by atoms with Crippen LogP contribution >= 0.6 is 11.3 Å². The van der Waals surface area contributed by atoms with E-state index in [1.165, 1.54) is 15.8 Å². The molecule has 3 heteroatoms. The van der Waals surface area contributed by atoms with E-state index in [1.54, 1.807) is 11.3 Å². The lowest BCUT2D eigenvalue weighted by Crippen LogP contribution is -1.83. The van der Waals surface area contributed by atoms with Crippen molar-refractivity contribution in [1.29, 1.82) is 5.26 Å². The molecule has 2 nitrogen and oxygen atoms in total. The van der Waals surface area contributed by atoms with Crippen LogP contribution < -0.4 is 0 Å². The summed E-state index contributed by atoms with van der Waals surface area (Å²) in [5.74, 6) is 0. The van der Waals surface area contributed by atoms with Crippen LogP contribution in [0.1, 0.15) is 16.1 Å². The van der Waals surface area contributed by atoms with Crippen LogP contribution in [0.25, 0.3) is 10.2 Å². The standard InChI is InChI=1S/C11H10N2S/c1-7-3-4-9-11(8(7)2)13-10(14-9)5-6-12/h3-4H,5H2,1-2H3. The number of thiazole rings is 1. The Morgan fingerprint density at radius 2 is 2.21 bits per heavy atom. The topological polar surface area (TPSA) is 36.7 Å². The van der Waals surface area contributed by atoms with Crippen molar-refractivity contribution in [3.8, 4) is 6.07 Å². The summed E-state index contributed by atoms with van der Waals surface area (Å²) in [6, 6.07) is 6.31. The van der Waals surface area contributed by atoms with Gasteiger partial charge in [-0.05, 0) is 31.0 Å². The quantitative estimate of drug-likeness (QED) is 0.712. The normalized spacial score (nSPS) is 10.4. The molecule has 0 N–H and O–H groups in total. The number of fused-ring (bicyclic) bond motifs is 1. The molecule has 1 aromatic heterocycles. The van der Waals surface area contributed by atoms with Gasteiger partial charge in [0, 0.05) is 0 Å². The van der Waals surface area contributed by atoms with Crippen molar-refractivity contribution in [2.45, 2.75) is 20.3 Å². The van der Waals surface area contributed by atoms with Crippen molar-refractivity contribution in [2.24, 2.45) is 0 Å². The highest BCUT2D eigenvalue weighted by Gasteiger charge is 2.06. The average molecular weight is 202 g/mol. The minimum absolute atomic E-state index is 0.415. The lowest BCUT2D eigenvalue weighted by molar-refractivity contribution is 1.20. The first kappa shape index (κ1) is 9.17. The van der Waals surface area contributed by atoms with E-state index >= 15 is 0 Å². The summed E-state index contributed by atoms with van der Waals surface area (Å²) in [7, 11) is 0. The van der Waals surface area contributed by atoms with E-state index in [0.29, 0.717) is 6.42 Å². The van der Waals surface area contributed by atoms with Gasteiger partial charge in [0.05, 0.1) is 22.7 Å². The summed E-state index contributed by atoms with van der Waals surface area (Å²) in [4.78, 5) is 4.46. The van der Waals surface area contributed by atoms with Gasteiger partial charge in [0.2, 0.25) is 0 Å². The molecule has 14 heavy (non-hydrogen) atoms. The summed E-state index contributed by atoms with van der Waals surface area (Å²) in [5, 5.41) is 9.50. The van der Waals surface area contributed by atoms with E-state index in [2.05, 4.69) is 37.0 Å². The van der Waals surface area contributed by atoms with Gasteiger partial charge in [0.25, 0.3) is 0 Å². The number of nitriles is 1. The van der Waals surface area contributed by atoms with Gasteiger partial charge in [0.1, 0.15) is 5.01 Å². The second-order valence-electron chi connectivity index (χ2n) is 3.30. The van der Waals surface area contributed by atoms with Gasteiger partial charge in [-0.2, -0.15) is 5.26 Å². The Balaban J connectivity index is 2.66. The van der Waals surface area contributed by atoms with Gasteiger partial charge in [-0.3, -0.25) is 0 Å². The molecular formula is C11H10N2S. The predicted octanol–water partition coefficient (Wildman–Crippen LogP) is 2.98. The molecule has 0 atom stereocenters. The average Bonchev–Trinajstić information content (AvgIpc) is 2.56. The van der Waals surface area contributed by atoms with Gasteiger partial charge in [-0.25, -0.2) is 4.98 Å². The van der Waals surface area contributed by atoms with Crippen molar-refractivity contribution in [3.63, 3.8) is 0 Å². The van der Waals surface area contributed by atoms with Crippen molar-refractivity contribution in [2.75, 3.05) is 0 Å². The van der Waals surface area contributed by atoms with Gasteiger partial charge in [-0.15, -0.1) is 11.3 Å². The van der Waals surface area contributed by atoms with E-state index in [-0.39, 0.29) is 0 Å². The third-order valence-electron chi connectivity index (χ3n) is 2.36. The summed E-state index contributed by atoms with van der Waals surface area (Å²) in [5.41, 5.74) is 3.54. The van der Waals surface area contributed by atoms with E-state index in [0.717, 1.165) is 10.5 Å². The Morgan fingerprint density at radius 1 is 1.43 bits per heavy atom. The van der Waals surface area contributed by atoms with Crippen molar-refractivity contribution >= 4 is 21.6 Å². The number of nitrogens with zero attached hydrogens (tertiary/aromatic N) is 2. The number of benzene rings is 1. The third-order valence-corrected chi connectivity index (χ3v) is 3.38. The molecule has 0 aliphatic heterocycles. The molecule has 1 heterocycles. The highest BCUT2D eigenvalue weighted by atomic mass is 32.1. The minimum atomic E-state index is 0.415. The number of rotatable bonds is 1. The van der Waals surface area contributed by atoms with Crippen LogP contribution in [0.5, 0.6) is 0 Å². The maximum Gasteiger partial charge on any atom is 0.108 e. The highest BCUT2D eigenvalue weighted by molar-refractivity contribution is 7.18. The predicted molar refractivity (Wildman–Crippen MR) is 58.4 cm³/mol. The van der Waals surface area contributed by atoms with E-state index < -0.39 is 0 Å². The first-order valence-corrected chi connectivity index (χ1v) is 5.26. The van der Waals surface area contributed by atoms with Gasteiger partial charge >= 0.3 is 0 Å². The van der Waals surface area contributed by atoms with Crippen LogP contribution in [0, 0.1) is 25.2 Å². The fraction of sp³-hybridized carbons (Fsp3) is 0.273. The van der Waals surface area contributed by atoms with Crippen LogP contribution in [0.2, 0.25) is 0 Å². The van der Waals surface area contributed by atoms with Crippen LogP contribution in [0.4, 0.5) is 0 Å². The molecule has 0 unspecified atom stereocenters. The van der Waals surface area contributed by atoms with Gasteiger partial charge < -0.3 is 0 Å². The smallest absolute Gasteiger partial charge is 0.108 e. The fourth-order valence-electron chi connectivity index (χ4n) is 1.42. The maximum atomic E-state index is 8.59. The Hall–Kier alpha value is -1.40. The van der Waals surface area contributed by atoms with Gasteiger partial charge in [0.15, 0.2) is 0 Å². The molecule has 0 amide bonds. The van der Waals surface area contributed by atoms with Crippen molar-refractivity contribution in [3.05, 3.63) is 28.3 Å². The van der Waals surface area contributed by atoms with Crippen LogP contribution in [0.3, 0.4) is 0 Å². The molecule has 0 saturated carbocycles. The molecule has 0 spiro atoms. The zero-order chi connectivity index (χ0) is 10.1. The number of aryl methyl sites for hydroxylation is 2. The summed E-state index contributed by atoms with van der Waals surface area (Å²) < 4.78 is 1.18. The Labute approximate surface area is 86.8 Å². The first-order valence-electron chi connectivity index (χ1n) is 4.45. The first-order chi connectivity index (χ1) is 6.72. The molecule has 0 bridgehead atoms. The van der Waals surface area contributed by atoms with Crippen LogP contribution in [0.15, 0.2) is 12.1 Å². The molecule has 70 valence electrons. The second kappa shape index (κ2) is 3.39. The second-order valence-corrected chi connectivity index (χ2v) is 4.41. The number of aromatic nitrogens is 1. The molecule has 2 aromatic rings. The minimum Gasteiger partial charge on any atom is -0.240 e. The molecule has 0 aliphatic rings. The fourth-order valence-corrected chi connectivity index (χ4v) is 2.37.